The van der Waals surface area contributed by atoms with Crippen molar-refractivity contribution < 1.29 is 44.1 Å². The second kappa shape index (κ2) is 11.5. The van der Waals surface area contributed by atoms with Gasteiger partial charge >= 0.3 is 0 Å². The lowest BCUT2D eigenvalue weighted by atomic mass is 10.1. The molecular weight excluding hydrogens is 395 g/mol. The average molecular weight is 427 g/mol. The number of piperazine rings is 1. The summed E-state index contributed by atoms with van der Waals surface area (Å²) in [6, 6.07) is 13.2. The predicted molar refractivity (Wildman–Crippen MR) is 105 cm³/mol. The standard InChI is InChI=1S/C22H30N2O2.2ClH/c1-17-5-7-20(15-18(17)2)24-13-11-23(12-14-24)10-9-19-6-8-21(25-3)22(16-19)26-4;;/h5-8,15-16H,9-14H2,1-4H3;2*1H. The zero-order chi connectivity index (χ0) is 18.5. The van der Waals surface area contributed by atoms with Gasteiger partial charge in [-0.1, -0.05) is 12.1 Å². The summed E-state index contributed by atoms with van der Waals surface area (Å²) >= 11 is 0. The summed E-state index contributed by atoms with van der Waals surface area (Å²) < 4.78 is 10.7. The number of hydrogen-bond donors (Lipinski definition) is 2. The molecule has 0 spiro atoms. The van der Waals surface area contributed by atoms with Gasteiger partial charge in [-0.3, -0.25) is 4.90 Å². The van der Waals surface area contributed by atoms with Crippen molar-refractivity contribution in [2.45, 2.75) is 20.3 Å². The number of methoxy groups -OCH3 is 2. The van der Waals surface area contributed by atoms with Gasteiger partial charge in [-0.2, -0.15) is 0 Å². The number of ether oxygens (including phenoxy) is 2. The molecule has 0 amide bonds. The van der Waals surface area contributed by atoms with E-state index in [0.29, 0.717) is 0 Å². The highest BCUT2D eigenvalue weighted by Gasteiger charge is 2.24. The number of quaternary nitrogens is 2. The molecule has 0 aromatic heterocycles. The van der Waals surface area contributed by atoms with Crippen molar-refractivity contribution in [3.63, 3.8) is 0 Å². The van der Waals surface area contributed by atoms with Gasteiger partial charge in [-0.25, -0.2) is 0 Å². The van der Waals surface area contributed by atoms with Crippen molar-refractivity contribution in [3.8, 4) is 11.5 Å². The SMILES string of the molecule is COc1ccc(CC[NH+]2CC[NH+](c3ccc(C)c(C)c3)CC2)cc1OC.[Cl-].[Cl-]. The second-order valence-corrected chi connectivity index (χ2v) is 7.34. The van der Waals surface area contributed by atoms with E-state index in [9.17, 15) is 0 Å². The van der Waals surface area contributed by atoms with Crippen LogP contribution in [0.25, 0.3) is 0 Å². The van der Waals surface area contributed by atoms with Crippen molar-refractivity contribution in [1.29, 1.82) is 0 Å². The fourth-order valence-corrected chi connectivity index (χ4v) is 3.76. The highest BCUT2D eigenvalue weighted by Crippen LogP contribution is 2.27. The number of aryl methyl sites for hydroxylation is 2. The van der Waals surface area contributed by atoms with Gasteiger partial charge in [-0.05, 0) is 48.7 Å². The van der Waals surface area contributed by atoms with Crippen molar-refractivity contribution in [2.24, 2.45) is 0 Å². The molecule has 1 heterocycles. The van der Waals surface area contributed by atoms with Gasteiger partial charge in [-0.15, -0.1) is 0 Å². The Balaban J connectivity index is 0.00000196. The molecule has 1 aliphatic heterocycles. The third-order valence-electron chi connectivity index (χ3n) is 5.69. The van der Waals surface area contributed by atoms with Gasteiger partial charge < -0.3 is 39.2 Å². The van der Waals surface area contributed by atoms with Crippen LogP contribution in [0.2, 0.25) is 0 Å². The predicted octanol–water partition coefficient (Wildman–Crippen LogP) is -5.01. The van der Waals surface area contributed by atoms with Crippen LogP contribution >= 0.6 is 0 Å². The summed E-state index contributed by atoms with van der Waals surface area (Å²) in [4.78, 5) is 3.33. The summed E-state index contributed by atoms with van der Waals surface area (Å²) in [6.07, 6.45) is 1.08. The average Bonchev–Trinajstić information content (AvgIpc) is 2.68. The minimum Gasteiger partial charge on any atom is -1.00 e. The fraction of sp³-hybridized carbons (Fsp3) is 0.455. The third-order valence-corrected chi connectivity index (χ3v) is 5.69. The Morgan fingerprint density at radius 1 is 0.786 bits per heavy atom. The molecule has 0 radical (unpaired) electrons. The largest absolute Gasteiger partial charge is 1.00 e. The zero-order valence-electron chi connectivity index (χ0n) is 17.3. The Morgan fingerprint density at radius 2 is 1.46 bits per heavy atom. The van der Waals surface area contributed by atoms with Crippen LogP contribution in [-0.4, -0.2) is 46.9 Å². The first kappa shape index (κ1) is 24.6. The highest BCUT2D eigenvalue weighted by atomic mass is 35.5. The smallest absolute Gasteiger partial charge is 0.160 e. The molecule has 28 heavy (non-hydrogen) atoms. The Labute approximate surface area is 181 Å². The van der Waals surface area contributed by atoms with Crippen LogP contribution in [0.1, 0.15) is 16.7 Å². The molecule has 1 saturated heterocycles. The first-order valence-electron chi connectivity index (χ1n) is 9.57. The maximum atomic E-state index is 5.41. The Kier molecular flexibility index (Phi) is 10.1. The molecule has 1 fully saturated rings. The van der Waals surface area contributed by atoms with Crippen LogP contribution in [0.5, 0.6) is 11.5 Å². The molecule has 0 saturated carbocycles. The monoisotopic (exact) mass is 426 g/mol. The molecule has 0 atom stereocenters. The van der Waals surface area contributed by atoms with Crippen LogP contribution in [0, 0.1) is 13.8 Å². The van der Waals surface area contributed by atoms with Gasteiger partial charge in [0.25, 0.3) is 0 Å². The van der Waals surface area contributed by atoms with Crippen LogP contribution in [-0.2, 0) is 6.42 Å². The Hall–Kier alpha value is -1.46. The fourth-order valence-electron chi connectivity index (χ4n) is 3.76. The van der Waals surface area contributed by atoms with Crippen LogP contribution in [0.15, 0.2) is 36.4 Å². The number of nitrogens with one attached hydrogen (secondary N) is 2. The number of halogens is 2. The number of rotatable bonds is 6. The maximum absolute atomic E-state index is 5.41. The van der Waals surface area contributed by atoms with Gasteiger partial charge in [0.2, 0.25) is 0 Å². The molecule has 1 aliphatic rings. The van der Waals surface area contributed by atoms with E-state index in [-0.39, 0.29) is 24.8 Å². The number of benzene rings is 2. The summed E-state index contributed by atoms with van der Waals surface area (Å²) in [7, 11) is 3.38. The molecule has 0 aliphatic carbocycles. The topological polar surface area (TPSA) is 27.3 Å². The van der Waals surface area contributed by atoms with Gasteiger partial charge in [0, 0.05) is 12.5 Å². The number of hydrogen-bond acceptors (Lipinski definition) is 2. The quantitative estimate of drug-likeness (QED) is 0.483. The molecule has 4 nitrogen and oxygen atoms in total. The first-order chi connectivity index (χ1) is 12.6. The van der Waals surface area contributed by atoms with Crippen molar-refractivity contribution in [3.05, 3.63) is 53.1 Å². The molecule has 0 unspecified atom stereocenters. The minimum atomic E-state index is 0. The highest BCUT2D eigenvalue weighted by molar-refractivity contribution is 5.43. The molecule has 2 aromatic rings. The summed E-state index contributed by atoms with van der Waals surface area (Å²) in [5.41, 5.74) is 5.55. The maximum Gasteiger partial charge on any atom is 0.160 e. The summed E-state index contributed by atoms with van der Waals surface area (Å²) in [6.45, 7) is 10.5. The van der Waals surface area contributed by atoms with E-state index >= 15 is 0 Å². The lowest BCUT2D eigenvalue weighted by Gasteiger charge is -2.29. The van der Waals surface area contributed by atoms with E-state index in [4.69, 9.17) is 9.47 Å². The molecule has 2 N–H and O–H groups in total. The summed E-state index contributed by atoms with van der Waals surface area (Å²) in [5, 5.41) is 0. The normalized spacial score (nSPS) is 18.6. The molecule has 0 bridgehead atoms. The molecule has 3 rings (SSSR count). The first-order valence-corrected chi connectivity index (χ1v) is 9.57. The van der Waals surface area contributed by atoms with Crippen molar-refractivity contribution in [1.82, 2.24) is 0 Å². The van der Waals surface area contributed by atoms with Crippen LogP contribution in [0.3, 0.4) is 0 Å². The Morgan fingerprint density at radius 3 is 2.07 bits per heavy atom. The summed E-state index contributed by atoms with van der Waals surface area (Å²) in [5.74, 6) is 1.62. The minimum absolute atomic E-state index is 0. The Bertz CT molecular complexity index is 747. The van der Waals surface area contributed by atoms with E-state index in [1.165, 1.54) is 55.1 Å². The van der Waals surface area contributed by atoms with E-state index in [1.807, 2.05) is 6.07 Å². The van der Waals surface area contributed by atoms with E-state index in [1.54, 1.807) is 24.0 Å². The van der Waals surface area contributed by atoms with Crippen molar-refractivity contribution >= 4 is 5.69 Å². The van der Waals surface area contributed by atoms with Gasteiger partial charge in [0.1, 0.15) is 31.9 Å². The molecule has 2 aromatic carbocycles. The van der Waals surface area contributed by atoms with Crippen LogP contribution in [0.4, 0.5) is 5.69 Å². The van der Waals surface area contributed by atoms with Gasteiger partial charge in [0.05, 0.1) is 20.8 Å². The lowest BCUT2D eigenvalue weighted by molar-refractivity contribution is -0.986. The molecular formula is C22H32Cl2N2O2. The van der Waals surface area contributed by atoms with Crippen LogP contribution < -0.4 is 44.1 Å². The zero-order valence-corrected chi connectivity index (χ0v) is 18.8. The van der Waals surface area contributed by atoms with Crippen molar-refractivity contribution in [2.75, 3.05) is 46.9 Å². The van der Waals surface area contributed by atoms with Gasteiger partial charge in [0.15, 0.2) is 11.5 Å². The second-order valence-electron chi connectivity index (χ2n) is 7.34. The third kappa shape index (κ3) is 6.02. The lowest BCUT2D eigenvalue weighted by Crippen LogP contribution is -3.26. The van der Waals surface area contributed by atoms with E-state index < -0.39 is 0 Å². The molecule has 6 heteroatoms. The van der Waals surface area contributed by atoms with E-state index in [0.717, 1.165) is 17.9 Å². The molecule has 156 valence electrons. The van der Waals surface area contributed by atoms with E-state index in [2.05, 4.69) is 44.2 Å².